The van der Waals surface area contributed by atoms with Gasteiger partial charge in [0.15, 0.2) is 0 Å². The molecule has 1 aromatic carbocycles. The molecule has 3 rings (SSSR count). The van der Waals surface area contributed by atoms with E-state index in [9.17, 15) is 4.79 Å². The van der Waals surface area contributed by atoms with Crippen LogP contribution in [0.25, 0.3) is 0 Å². The zero-order valence-corrected chi connectivity index (χ0v) is 15.8. The van der Waals surface area contributed by atoms with Crippen molar-refractivity contribution < 1.29 is 9.53 Å². The van der Waals surface area contributed by atoms with Crippen molar-refractivity contribution in [2.45, 2.75) is 45.1 Å². The molecule has 1 aromatic heterocycles. The number of pyridine rings is 1. The first-order valence-electron chi connectivity index (χ1n) is 9.42. The number of nitrogens with one attached hydrogen (secondary N) is 1. The predicted molar refractivity (Wildman–Crippen MR) is 103 cm³/mol. The summed E-state index contributed by atoms with van der Waals surface area (Å²) >= 11 is 0. The first-order valence-corrected chi connectivity index (χ1v) is 9.42. The third-order valence-electron chi connectivity index (χ3n) is 5.64. The highest BCUT2D eigenvalue weighted by Gasteiger charge is 2.33. The molecule has 1 fully saturated rings. The van der Waals surface area contributed by atoms with Crippen LogP contribution in [0.2, 0.25) is 0 Å². The van der Waals surface area contributed by atoms with Crippen LogP contribution in [0.4, 0.5) is 0 Å². The first kappa shape index (κ1) is 18.4. The first-order chi connectivity index (χ1) is 12.6. The molecule has 2 aromatic rings. The number of ether oxygens (including phenoxy) is 1. The average molecular weight is 352 g/mol. The highest BCUT2D eigenvalue weighted by atomic mass is 16.5. The van der Waals surface area contributed by atoms with Crippen LogP contribution in [0.3, 0.4) is 0 Å². The van der Waals surface area contributed by atoms with E-state index in [2.05, 4.69) is 29.4 Å². The molecule has 138 valence electrons. The maximum atomic E-state index is 12.8. The maximum absolute atomic E-state index is 12.8. The lowest BCUT2D eigenvalue weighted by atomic mass is 9.72. The van der Waals surface area contributed by atoms with Gasteiger partial charge in [0.05, 0.1) is 13.2 Å². The fourth-order valence-corrected chi connectivity index (χ4v) is 4.04. The van der Waals surface area contributed by atoms with E-state index in [0.717, 1.165) is 30.6 Å². The molecule has 1 N–H and O–H groups in total. The van der Waals surface area contributed by atoms with Crippen LogP contribution in [-0.2, 0) is 4.79 Å². The number of hydrogen-bond donors (Lipinski definition) is 1. The van der Waals surface area contributed by atoms with E-state index in [1.54, 1.807) is 7.11 Å². The van der Waals surface area contributed by atoms with Gasteiger partial charge in [-0.3, -0.25) is 9.78 Å². The average Bonchev–Trinajstić information content (AvgIpc) is 2.68. The van der Waals surface area contributed by atoms with Crippen molar-refractivity contribution in [2.75, 3.05) is 7.11 Å². The second kappa shape index (κ2) is 8.35. The number of aromatic nitrogens is 1. The minimum absolute atomic E-state index is 0.0253. The van der Waals surface area contributed by atoms with Gasteiger partial charge in [-0.2, -0.15) is 0 Å². The van der Waals surface area contributed by atoms with E-state index in [4.69, 9.17) is 4.74 Å². The summed E-state index contributed by atoms with van der Waals surface area (Å²) in [6, 6.07) is 12.1. The van der Waals surface area contributed by atoms with Gasteiger partial charge in [0.25, 0.3) is 0 Å². The topological polar surface area (TPSA) is 51.2 Å². The molecule has 0 unspecified atom stereocenters. The van der Waals surface area contributed by atoms with Crippen LogP contribution in [0, 0.1) is 11.8 Å². The van der Waals surface area contributed by atoms with E-state index < -0.39 is 0 Å². The van der Waals surface area contributed by atoms with Gasteiger partial charge in [0.1, 0.15) is 5.75 Å². The molecule has 1 saturated carbocycles. The van der Waals surface area contributed by atoms with Crippen molar-refractivity contribution in [1.82, 2.24) is 10.3 Å². The van der Waals surface area contributed by atoms with E-state index in [1.165, 1.54) is 5.56 Å². The van der Waals surface area contributed by atoms with E-state index >= 15 is 0 Å². The van der Waals surface area contributed by atoms with Gasteiger partial charge in [-0.05, 0) is 73.4 Å². The number of nitrogens with zero attached hydrogens (tertiary/aromatic N) is 1. The summed E-state index contributed by atoms with van der Waals surface area (Å²) in [4.78, 5) is 16.9. The summed E-state index contributed by atoms with van der Waals surface area (Å²) < 4.78 is 5.28. The van der Waals surface area contributed by atoms with Crippen molar-refractivity contribution in [3.63, 3.8) is 0 Å². The number of benzene rings is 1. The summed E-state index contributed by atoms with van der Waals surface area (Å²) in [6.45, 7) is 4.23. The molecule has 4 heteroatoms. The molecule has 4 atom stereocenters. The number of rotatable bonds is 5. The van der Waals surface area contributed by atoms with Gasteiger partial charge in [-0.25, -0.2) is 0 Å². The predicted octanol–water partition coefficient (Wildman–Crippen LogP) is 4.49. The summed E-state index contributed by atoms with van der Waals surface area (Å²) in [6.07, 6.45) is 6.75. The Hall–Kier alpha value is -2.36. The van der Waals surface area contributed by atoms with Gasteiger partial charge in [0.2, 0.25) is 5.91 Å². The van der Waals surface area contributed by atoms with Crippen LogP contribution < -0.4 is 10.1 Å². The molecule has 0 saturated heterocycles. The molecule has 26 heavy (non-hydrogen) atoms. The molecule has 1 aliphatic rings. The lowest BCUT2D eigenvalue weighted by Gasteiger charge is -2.34. The molecular formula is C22H28N2O2. The molecular weight excluding hydrogens is 324 g/mol. The summed E-state index contributed by atoms with van der Waals surface area (Å²) in [5.74, 6) is 1.98. The van der Waals surface area contributed by atoms with Gasteiger partial charge < -0.3 is 10.1 Å². The summed E-state index contributed by atoms with van der Waals surface area (Å²) in [5, 5.41) is 3.20. The van der Waals surface area contributed by atoms with E-state index in [0.29, 0.717) is 11.8 Å². The second-order valence-electron chi connectivity index (χ2n) is 7.38. The fraction of sp³-hybridized carbons (Fsp3) is 0.455. The quantitative estimate of drug-likeness (QED) is 0.863. The zero-order chi connectivity index (χ0) is 18.5. The largest absolute Gasteiger partial charge is 0.497 e. The SMILES string of the molecule is COc1cccc([C@@H](C)NC(=O)[C@H]2CC[C@H](c3ccncc3)C[C@H]2C)c1. The Morgan fingerprint density at radius 3 is 2.69 bits per heavy atom. The van der Waals surface area contributed by atoms with Crippen molar-refractivity contribution in [1.29, 1.82) is 0 Å². The van der Waals surface area contributed by atoms with Crippen molar-refractivity contribution >= 4 is 5.91 Å². The summed E-state index contributed by atoms with van der Waals surface area (Å²) in [5.41, 5.74) is 2.41. The van der Waals surface area contributed by atoms with E-state index in [-0.39, 0.29) is 17.9 Å². The van der Waals surface area contributed by atoms with E-state index in [1.807, 2.05) is 43.6 Å². The normalized spacial score (nSPS) is 23.9. The van der Waals surface area contributed by atoms with Crippen molar-refractivity contribution in [3.8, 4) is 5.75 Å². The lowest BCUT2D eigenvalue weighted by molar-refractivity contribution is -0.128. The minimum Gasteiger partial charge on any atom is -0.497 e. The Morgan fingerprint density at radius 2 is 2.00 bits per heavy atom. The van der Waals surface area contributed by atoms with Gasteiger partial charge in [-0.15, -0.1) is 0 Å². The molecule has 1 amide bonds. The molecule has 4 nitrogen and oxygen atoms in total. The lowest BCUT2D eigenvalue weighted by Crippen LogP contribution is -2.38. The fourth-order valence-electron chi connectivity index (χ4n) is 4.04. The Labute approximate surface area is 156 Å². The standard InChI is InChI=1S/C22H28N2O2/c1-15-13-19(17-9-11-23-12-10-17)7-8-21(15)22(25)24-16(2)18-5-4-6-20(14-18)26-3/h4-6,9-12,14-16,19,21H,7-8,13H2,1-3H3,(H,24,25)/t15-,16-,19+,21+/m1/s1. The third kappa shape index (κ3) is 4.24. The molecule has 1 aliphatic carbocycles. The van der Waals surface area contributed by atoms with Gasteiger partial charge in [-0.1, -0.05) is 19.1 Å². The van der Waals surface area contributed by atoms with Gasteiger partial charge >= 0.3 is 0 Å². The molecule has 0 bridgehead atoms. The molecule has 0 radical (unpaired) electrons. The zero-order valence-electron chi connectivity index (χ0n) is 15.8. The smallest absolute Gasteiger partial charge is 0.223 e. The van der Waals surface area contributed by atoms with Crippen LogP contribution in [0.1, 0.15) is 56.2 Å². The van der Waals surface area contributed by atoms with Gasteiger partial charge in [0, 0.05) is 18.3 Å². The number of amides is 1. The monoisotopic (exact) mass is 352 g/mol. The molecule has 0 spiro atoms. The second-order valence-corrected chi connectivity index (χ2v) is 7.38. The van der Waals surface area contributed by atoms with Crippen molar-refractivity contribution in [3.05, 3.63) is 59.9 Å². The Bertz CT molecular complexity index is 732. The van der Waals surface area contributed by atoms with Crippen LogP contribution >= 0.6 is 0 Å². The number of carbonyl (C=O) groups is 1. The molecule has 0 aliphatic heterocycles. The highest BCUT2D eigenvalue weighted by Crippen LogP contribution is 2.39. The minimum atomic E-state index is -0.0253. The van der Waals surface area contributed by atoms with Crippen LogP contribution in [0.15, 0.2) is 48.8 Å². The van der Waals surface area contributed by atoms with Crippen LogP contribution in [0.5, 0.6) is 5.75 Å². The Morgan fingerprint density at radius 1 is 1.23 bits per heavy atom. The van der Waals surface area contributed by atoms with Crippen LogP contribution in [-0.4, -0.2) is 18.0 Å². The Balaban J connectivity index is 1.60. The number of hydrogen-bond acceptors (Lipinski definition) is 3. The Kier molecular flexibility index (Phi) is 5.92. The van der Waals surface area contributed by atoms with Crippen molar-refractivity contribution in [2.24, 2.45) is 11.8 Å². The molecule has 1 heterocycles. The third-order valence-corrected chi connectivity index (χ3v) is 5.64. The maximum Gasteiger partial charge on any atom is 0.223 e. The number of methoxy groups -OCH3 is 1. The number of carbonyl (C=O) groups excluding carboxylic acids is 1. The summed E-state index contributed by atoms with van der Waals surface area (Å²) in [7, 11) is 1.66. The highest BCUT2D eigenvalue weighted by molar-refractivity contribution is 5.79.